The van der Waals surface area contributed by atoms with Crippen LogP contribution < -0.4 is 10.0 Å². The average molecular weight is 348 g/mol. The lowest BCUT2D eigenvalue weighted by Gasteiger charge is -2.15. The highest BCUT2D eigenvalue weighted by molar-refractivity contribution is 7.92. The summed E-state index contributed by atoms with van der Waals surface area (Å²) in [6.45, 7) is 0. The van der Waals surface area contributed by atoms with Crippen molar-refractivity contribution in [2.24, 2.45) is 5.92 Å². The van der Waals surface area contributed by atoms with Crippen molar-refractivity contribution in [1.82, 2.24) is 9.78 Å². The topological polar surface area (TPSA) is 81.2 Å². The number of nitrogens with two attached hydrogens (primary N) is 1. The summed E-state index contributed by atoms with van der Waals surface area (Å²) in [6, 6.07) is 4.32. The fourth-order valence-electron chi connectivity index (χ4n) is 3.28. The standard InChI is InChI=1S/C17H24N4O2S/c1-20(24(2,22)23)17-15-12(6-5-11-3-4-11)7-10-14(18)16(15)21(19-17)13-8-9-13/h7,10-11,13H,3-6,8-9,18H2,1-2H3. The number of hydrogen-bond donors (Lipinski definition) is 1. The van der Waals surface area contributed by atoms with E-state index in [1.807, 2.05) is 16.8 Å². The van der Waals surface area contributed by atoms with Crippen LogP contribution in [0.4, 0.5) is 11.5 Å². The molecule has 2 fully saturated rings. The number of nitrogen functional groups attached to an aromatic ring is 1. The van der Waals surface area contributed by atoms with Crippen molar-refractivity contribution in [2.75, 3.05) is 23.3 Å². The van der Waals surface area contributed by atoms with Gasteiger partial charge < -0.3 is 5.73 Å². The summed E-state index contributed by atoms with van der Waals surface area (Å²) in [7, 11) is -1.80. The number of benzene rings is 1. The van der Waals surface area contributed by atoms with Gasteiger partial charge in [0.1, 0.15) is 0 Å². The third-order valence-electron chi connectivity index (χ3n) is 5.16. The molecule has 130 valence electrons. The molecule has 0 amide bonds. The molecule has 0 saturated heterocycles. The fourth-order valence-corrected chi connectivity index (χ4v) is 3.72. The van der Waals surface area contributed by atoms with Crippen molar-refractivity contribution in [3.05, 3.63) is 17.7 Å². The molecule has 2 N–H and O–H groups in total. The van der Waals surface area contributed by atoms with Crippen LogP contribution in [0.3, 0.4) is 0 Å². The van der Waals surface area contributed by atoms with Crippen LogP contribution in [0, 0.1) is 5.92 Å². The number of anilines is 2. The zero-order valence-electron chi connectivity index (χ0n) is 14.2. The predicted molar refractivity (Wildman–Crippen MR) is 96.7 cm³/mol. The number of nitrogens with zero attached hydrogens (tertiary/aromatic N) is 3. The number of rotatable bonds is 6. The minimum absolute atomic E-state index is 0.343. The van der Waals surface area contributed by atoms with Gasteiger partial charge in [-0.2, -0.15) is 5.10 Å². The molecule has 0 aliphatic heterocycles. The second-order valence-corrected chi connectivity index (χ2v) is 9.26. The quantitative estimate of drug-likeness (QED) is 0.814. The molecule has 2 aliphatic carbocycles. The summed E-state index contributed by atoms with van der Waals surface area (Å²) < 4.78 is 27.4. The van der Waals surface area contributed by atoms with Crippen LogP contribution in [-0.2, 0) is 16.4 Å². The molecule has 2 saturated carbocycles. The van der Waals surface area contributed by atoms with E-state index in [4.69, 9.17) is 5.73 Å². The highest BCUT2D eigenvalue weighted by atomic mass is 32.2. The lowest BCUT2D eigenvalue weighted by Crippen LogP contribution is -2.25. The third kappa shape index (κ3) is 2.75. The Bertz CT molecular complexity index is 895. The summed E-state index contributed by atoms with van der Waals surface area (Å²) in [5.41, 5.74) is 8.98. The molecule has 7 heteroatoms. The Balaban J connectivity index is 1.90. The van der Waals surface area contributed by atoms with E-state index >= 15 is 0 Å². The van der Waals surface area contributed by atoms with Gasteiger partial charge >= 0.3 is 0 Å². The monoisotopic (exact) mass is 348 g/mol. The van der Waals surface area contributed by atoms with Gasteiger partial charge in [0.15, 0.2) is 5.82 Å². The number of aryl methyl sites for hydroxylation is 1. The smallest absolute Gasteiger partial charge is 0.233 e. The Morgan fingerprint density at radius 2 is 2.00 bits per heavy atom. The van der Waals surface area contributed by atoms with E-state index in [-0.39, 0.29) is 0 Å². The van der Waals surface area contributed by atoms with Crippen molar-refractivity contribution in [1.29, 1.82) is 0 Å². The molecule has 1 heterocycles. The summed E-state index contributed by atoms with van der Waals surface area (Å²) >= 11 is 0. The van der Waals surface area contributed by atoms with E-state index in [9.17, 15) is 8.42 Å². The Hall–Kier alpha value is -1.76. The van der Waals surface area contributed by atoms with Crippen LogP contribution in [0.15, 0.2) is 12.1 Å². The minimum atomic E-state index is -3.37. The number of hydrogen-bond acceptors (Lipinski definition) is 4. The van der Waals surface area contributed by atoms with E-state index in [0.717, 1.165) is 48.1 Å². The van der Waals surface area contributed by atoms with Crippen molar-refractivity contribution in [3.8, 4) is 0 Å². The first-order chi connectivity index (χ1) is 11.4. The van der Waals surface area contributed by atoms with Gasteiger partial charge in [-0.25, -0.2) is 8.42 Å². The first-order valence-corrected chi connectivity index (χ1v) is 10.4. The average Bonchev–Trinajstić information content (AvgIpc) is 3.43. The first-order valence-electron chi connectivity index (χ1n) is 8.59. The van der Waals surface area contributed by atoms with Crippen molar-refractivity contribution >= 4 is 32.4 Å². The maximum absolute atomic E-state index is 12.1. The predicted octanol–water partition coefficient (Wildman–Crippen LogP) is 2.69. The van der Waals surface area contributed by atoms with Crippen LogP contribution in [0.2, 0.25) is 0 Å². The van der Waals surface area contributed by atoms with Crippen LogP contribution in [0.1, 0.15) is 43.7 Å². The van der Waals surface area contributed by atoms with Crippen LogP contribution in [0.25, 0.3) is 10.9 Å². The van der Waals surface area contributed by atoms with E-state index in [1.165, 1.54) is 23.4 Å². The maximum atomic E-state index is 12.1. The lowest BCUT2D eigenvalue weighted by atomic mass is 10.0. The minimum Gasteiger partial charge on any atom is -0.397 e. The number of sulfonamides is 1. The molecule has 0 bridgehead atoms. The summed E-state index contributed by atoms with van der Waals surface area (Å²) in [5.74, 6) is 1.34. The third-order valence-corrected chi connectivity index (χ3v) is 6.33. The van der Waals surface area contributed by atoms with Gasteiger partial charge in [-0.1, -0.05) is 18.9 Å². The Kier molecular flexibility index (Phi) is 3.53. The molecule has 0 atom stereocenters. The molecule has 0 radical (unpaired) electrons. The zero-order chi connectivity index (χ0) is 17.1. The largest absolute Gasteiger partial charge is 0.397 e. The molecule has 0 spiro atoms. The number of aromatic nitrogens is 2. The SMILES string of the molecule is CN(c1nn(C2CC2)c2c(N)ccc(CCC3CC3)c12)S(C)(=O)=O. The van der Waals surface area contributed by atoms with Gasteiger partial charge in [-0.15, -0.1) is 0 Å². The van der Waals surface area contributed by atoms with E-state index in [0.29, 0.717) is 17.5 Å². The van der Waals surface area contributed by atoms with Crippen molar-refractivity contribution < 1.29 is 8.42 Å². The molecule has 1 aromatic carbocycles. The Morgan fingerprint density at radius 1 is 1.29 bits per heavy atom. The van der Waals surface area contributed by atoms with E-state index in [1.54, 1.807) is 7.05 Å². The van der Waals surface area contributed by atoms with Gasteiger partial charge in [-0.05, 0) is 43.2 Å². The van der Waals surface area contributed by atoms with Gasteiger partial charge in [-0.3, -0.25) is 8.99 Å². The molecular weight excluding hydrogens is 324 g/mol. The summed E-state index contributed by atoms with van der Waals surface area (Å²) in [5, 5.41) is 5.58. The highest BCUT2D eigenvalue weighted by Crippen LogP contribution is 2.43. The van der Waals surface area contributed by atoms with Crippen LogP contribution in [-0.4, -0.2) is 31.5 Å². The van der Waals surface area contributed by atoms with Crippen LogP contribution in [0.5, 0.6) is 0 Å². The Morgan fingerprint density at radius 3 is 2.58 bits per heavy atom. The molecule has 24 heavy (non-hydrogen) atoms. The van der Waals surface area contributed by atoms with Crippen LogP contribution >= 0.6 is 0 Å². The van der Waals surface area contributed by atoms with Gasteiger partial charge in [0, 0.05) is 7.05 Å². The molecule has 1 aromatic heterocycles. The van der Waals surface area contributed by atoms with Gasteiger partial charge in [0.2, 0.25) is 10.0 Å². The normalized spacial score (nSPS) is 18.2. The second kappa shape index (κ2) is 5.37. The molecule has 4 rings (SSSR count). The van der Waals surface area contributed by atoms with Crippen molar-refractivity contribution in [2.45, 2.75) is 44.6 Å². The zero-order valence-corrected chi connectivity index (χ0v) is 15.0. The van der Waals surface area contributed by atoms with E-state index < -0.39 is 10.0 Å². The second-order valence-electron chi connectivity index (χ2n) is 7.25. The molecule has 2 aliphatic rings. The Labute approximate surface area is 142 Å². The van der Waals surface area contributed by atoms with Crippen molar-refractivity contribution in [3.63, 3.8) is 0 Å². The first kappa shape index (κ1) is 15.7. The summed E-state index contributed by atoms with van der Waals surface area (Å²) in [6.07, 6.45) is 8.09. The van der Waals surface area contributed by atoms with Gasteiger partial charge in [0.25, 0.3) is 0 Å². The number of fused-ring (bicyclic) bond motifs is 1. The molecule has 2 aromatic rings. The fraction of sp³-hybridized carbons (Fsp3) is 0.588. The molecule has 0 unspecified atom stereocenters. The van der Waals surface area contributed by atoms with E-state index in [2.05, 4.69) is 5.10 Å². The summed E-state index contributed by atoms with van der Waals surface area (Å²) in [4.78, 5) is 0. The highest BCUT2D eigenvalue weighted by Gasteiger charge is 2.31. The molecule has 6 nitrogen and oxygen atoms in total. The lowest BCUT2D eigenvalue weighted by molar-refractivity contribution is 0.598. The molecular formula is C17H24N4O2S. The maximum Gasteiger partial charge on any atom is 0.233 e. The van der Waals surface area contributed by atoms with Gasteiger partial charge in [0.05, 0.1) is 28.9 Å².